The molecule has 2 atom stereocenters. The van der Waals surface area contributed by atoms with Crippen LogP contribution in [-0.2, 0) is 24.9 Å². The molecule has 3 aromatic heterocycles. The maximum absolute atomic E-state index is 13.0. The summed E-state index contributed by atoms with van der Waals surface area (Å²) in [6.45, 7) is 3.95. The van der Waals surface area contributed by atoms with Crippen molar-refractivity contribution in [1.82, 2.24) is 24.8 Å². The normalized spacial score (nSPS) is 21.2. The van der Waals surface area contributed by atoms with E-state index in [1.54, 1.807) is 0 Å². The van der Waals surface area contributed by atoms with Crippen molar-refractivity contribution in [3.8, 4) is 11.1 Å². The van der Waals surface area contributed by atoms with Crippen LogP contribution in [0.2, 0.25) is 0 Å². The number of rotatable bonds is 3. The fourth-order valence-electron chi connectivity index (χ4n) is 6.39. The molecule has 37 heavy (non-hydrogen) atoms. The molecule has 8 heteroatoms. The van der Waals surface area contributed by atoms with Crippen LogP contribution in [0.25, 0.3) is 22.2 Å². The maximum atomic E-state index is 13.0. The van der Waals surface area contributed by atoms with Crippen molar-refractivity contribution in [3.63, 3.8) is 0 Å². The molecule has 2 unspecified atom stereocenters. The van der Waals surface area contributed by atoms with Gasteiger partial charge in [-0.3, -0.25) is 4.79 Å². The summed E-state index contributed by atoms with van der Waals surface area (Å²) in [7, 11) is 4.15. The Bertz CT molecular complexity index is 1540. The smallest absolute Gasteiger partial charge is 0.254 e. The molecule has 8 nitrogen and oxygen atoms in total. The first-order valence-electron chi connectivity index (χ1n) is 12.9. The lowest BCUT2D eigenvalue weighted by atomic mass is 9.83. The highest BCUT2D eigenvalue weighted by Crippen LogP contribution is 2.39. The number of fused-ring (bicyclic) bond motifs is 5. The van der Waals surface area contributed by atoms with E-state index in [9.17, 15) is 4.79 Å². The Labute approximate surface area is 215 Å². The van der Waals surface area contributed by atoms with Gasteiger partial charge in [-0.25, -0.2) is 9.97 Å². The summed E-state index contributed by atoms with van der Waals surface area (Å²) in [6.07, 6.45) is 4.89. The van der Waals surface area contributed by atoms with Crippen molar-refractivity contribution < 1.29 is 9.53 Å². The Morgan fingerprint density at radius 3 is 2.95 bits per heavy atom. The van der Waals surface area contributed by atoms with Crippen LogP contribution in [0.3, 0.4) is 0 Å². The Balaban J connectivity index is 1.27. The number of carbonyl (C=O) groups is 1. The number of hydrogen-bond donors (Lipinski definition) is 2. The molecule has 0 spiro atoms. The van der Waals surface area contributed by atoms with Gasteiger partial charge in [0.2, 0.25) is 0 Å². The van der Waals surface area contributed by atoms with Crippen LogP contribution in [0.15, 0.2) is 48.8 Å². The largest absolute Gasteiger partial charge is 0.381 e. The van der Waals surface area contributed by atoms with Gasteiger partial charge in [0.05, 0.1) is 23.6 Å². The van der Waals surface area contributed by atoms with E-state index in [2.05, 4.69) is 51.8 Å². The quantitative estimate of drug-likeness (QED) is 0.444. The predicted molar refractivity (Wildman–Crippen MR) is 143 cm³/mol. The number of nitrogens with zero attached hydrogens (tertiary/aromatic N) is 4. The van der Waals surface area contributed by atoms with Crippen molar-refractivity contribution in [2.75, 3.05) is 32.1 Å². The van der Waals surface area contributed by atoms with Crippen LogP contribution in [0, 0.1) is 5.92 Å². The Morgan fingerprint density at radius 2 is 2.03 bits per heavy atom. The molecule has 4 aromatic rings. The molecule has 1 fully saturated rings. The molecule has 1 amide bonds. The SMILES string of the molecule is CN1Cc2nc(Nc3ccc(-c4ccnc5c4ccn5C)c4c3C(=O)NC4)ccc2C2CCOCC2C1. The monoisotopic (exact) mass is 494 g/mol. The molecule has 3 aliphatic rings. The highest BCUT2D eigenvalue weighted by molar-refractivity contribution is 6.07. The van der Waals surface area contributed by atoms with Gasteiger partial charge in [0.25, 0.3) is 5.91 Å². The van der Waals surface area contributed by atoms with Gasteiger partial charge in [0, 0.05) is 57.0 Å². The maximum Gasteiger partial charge on any atom is 0.254 e. The second kappa shape index (κ2) is 8.68. The Hall–Kier alpha value is -3.75. The summed E-state index contributed by atoms with van der Waals surface area (Å²) in [5, 5.41) is 7.59. The molecule has 0 bridgehead atoms. The van der Waals surface area contributed by atoms with Crippen LogP contribution in [0.1, 0.15) is 39.5 Å². The average molecular weight is 495 g/mol. The topological polar surface area (TPSA) is 84.3 Å². The van der Waals surface area contributed by atoms with E-state index in [4.69, 9.17) is 9.72 Å². The molecular formula is C29H30N6O2. The minimum Gasteiger partial charge on any atom is -0.381 e. The molecule has 3 aliphatic heterocycles. The fraction of sp³-hybridized carbons (Fsp3) is 0.345. The van der Waals surface area contributed by atoms with E-state index in [1.807, 2.05) is 36.1 Å². The van der Waals surface area contributed by atoms with Crippen LogP contribution in [0.5, 0.6) is 0 Å². The predicted octanol–water partition coefficient (Wildman–Crippen LogP) is 4.19. The number of nitrogens with one attached hydrogen (secondary N) is 2. The molecule has 0 saturated carbocycles. The highest BCUT2D eigenvalue weighted by atomic mass is 16.5. The summed E-state index contributed by atoms with van der Waals surface area (Å²) in [5.74, 6) is 1.70. The summed E-state index contributed by atoms with van der Waals surface area (Å²) in [4.78, 5) is 24.9. The second-order valence-electron chi connectivity index (χ2n) is 10.5. The number of ether oxygens (including phenoxy) is 1. The zero-order valence-electron chi connectivity index (χ0n) is 21.1. The van der Waals surface area contributed by atoms with Gasteiger partial charge in [-0.15, -0.1) is 0 Å². The summed E-state index contributed by atoms with van der Waals surface area (Å²) in [6, 6.07) is 12.5. The van der Waals surface area contributed by atoms with E-state index in [-0.39, 0.29) is 5.91 Å². The third kappa shape index (κ3) is 3.70. The van der Waals surface area contributed by atoms with Crippen molar-refractivity contribution in [1.29, 1.82) is 0 Å². The van der Waals surface area contributed by atoms with Crippen molar-refractivity contribution in [2.24, 2.45) is 13.0 Å². The van der Waals surface area contributed by atoms with Gasteiger partial charge in [-0.2, -0.15) is 0 Å². The third-order valence-corrected chi connectivity index (χ3v) is 8.14. The van der Waals surface area contributed by atoms with Crippen LogP contribution in [0.4, 0.5) is 11.5 Å². The third-order valence-electron chi connectivity index (χ3n) is 8.14. The number of anilines is 2. The number of hydrogen-bond acceptors (Lipinski definition) is 6. The minimum absolute atomic E-state index is 0.0581. The van der Waals surface area contributed by atoms with Gasteiger partial charge in [-0.1, -0.05) is 12.1 Å². The summed E-state index contributed by atoms with van der Waals surface area (Å²) >= 11 is 0. The number of aryl methyl sites for hydroxylation is 1. The van der Waals surface area contributed by atoms with Gasteiger partial charge >= 0.3 is 0 Å². The first kappa shape index (κ1) is 22.4. The fourth-order valence-corrected chi connectivity index (χ4v) is 6.39. The number of pyridine rings is 2. The first-order valence-corrected chi connectivity index (χ1v) is 12.9. The van der Waals surface area contributed by atoms with Crippen LogP contribution in [-0.4, -0.2) is 52.1 Å². The van der Waals surface area contributed by atoms with E-state index < -0.39 is 0 Å². The standard InChI is InChI=1S/C29H30N6O2/c1-34-14-17-16-37-12-9-18(17)21-4-6-26(33-25(21)15-34)32-24-5-3-19(23-13-31-29(36)27(23)24)20-7-10-30-28-22(20)8-11-35(28)2/h3-8,10-11,17-18H,9,12-16H2,1-2H3,(H,31,36)(H,32,33). The lowest BCUT2D eigenvalue weighted by molar-refractivity contribution is 0.0304. The minimum atomic E-state index is -0.0581. The van der Waals surface area contributed by atoms with E-state index in [0.29, 0.717) is 23.9 Å². The van der Waals surface area contributed by atoms with Gasteiger partial charge in [0.1, 0.15) is 11.5 Å². The van der Waals surface area contributed by atoms with Gasteiger partial charge in [-0.05, 0) is 65.9 Å². The van der Waals surface area contributed by atoms with Gasteiger partial charge < -0.3 is 24.8 Å². The van der Waals surface area contributed by atoms with Crippen LogP contribution >= 0.6 is 0 Å². The van der Waals surface area contributed by atoms with Gasteiger partial charge in [0.15, 0.2) is 0 Å². The number of aromatic nitrogens is 3. The number of carbonyl (C=O) groups excluding carboxylic acids is 1. The first-order chi connectivity index (χ1) is 18.1. The molecule has 7 rings (SSSR count). The van der Waals surface area contributed by atoms with E-state index in [0.717, 1.165) is 77.6 Å². The molecule has 1 saturated heterocycles. The lowest BCUT2D eigenvalue weighted by Gasteiger charge is -2.31. The van der Waals surface area contributed by atoms with E-state index >= 15 is 0 Å². The molecule has 0 radical (unpaired) electrons. The van der Waals surface area contributed by atoms with E-state index in [1.165, 1.54) is 5.56 Å². The zero-order chi connectivity index (χ0) is 25.1. The Morgan fingerprint density at radius 1 is 1.11 bits per heavy atom. The molecule has 188 valence electrons. The van der Waals surface area contributed by atoms with Crippen molar-refractivity contribution in [3.05, 3.63) is 71.2 Å². The summed E-state index contributed by atoms with van der Waals surface area (Å²) in [5.41, 5.74) is 8.00. The summed E-state index contributed by atoms with van der Waals surface area (Å²) < 4.78 is 7.79. The molecular weight excluding hydrogens is 464 g/mol. The molecule has 0 aliphatic carbocycles. The second-order valence-corrected chi connectivity index (χ2v) is 10.5. The highest BCUT2D eigenvalue weighted by Gasteiger charge is 2.33. The average Bonchev–Trinajstić information content (AvgIpc) is 3.44. The Kier molecular flexibility index (Phi) is 5.26. The molecule has 6 heterocycles. The number of amides is 1. The van der Waals surface area contributed by atoms with Crippen molar-refractivity contribution in [2.45, 2.75) is 25.4 Å². The van der Waals surface area contributed by atoms with Crippen molar-refractivity contribution >= 4 is 28.4 Å². The number of benzene rings is 1. The molecule has 1 aromatic carbocycles. The lowest BCUT2D eigenvalue weighted by Crippen LogP contribution is -2.32. The van der Waals surface area contributed by atoms with Crippen LogP contribution < -0.4 is 10.6 Å². The molecule has 2 N–H and O–H groups in total. The zero-order valence-corrected chi connectivity index (χ0v) is 21.1.